The van der Waals surface area contributed by atoms with E-state index in [1.165, 1.54) is 12.1 Å². The van der Waals surface area contributed by atoms with Gasteiger partial charge in [-0.2, -0.15) is 0 Å². The molecule has 2 aromatic carbocycles. The quantitative estimate of drug-likeness (QED) is 0.163. The van der Waals surface area contributed by atoms with Crippen LogP contribution in [0.3, 0.4) is 0 Å². The van der Waals surface area contributed by atoms with Crippen LogP contribution in [-0.2, 0) is 17.8 Å². The van der Waals surface area contributed by atoms with E-state index in [2.05, 4.69) is 27.7 Å². The second-order valence-corrected chi connectivity index (χ2v) is 9.06. The lowest BCUT2D eigenvalue weighted by atomic mass is 10.0. The van der Waals surface area contributed by atoms with Crippen molar-refractivity contribution < 1.29 is 18.3 Å². The number of ether oxygens (including phenoxy) is 2. The van der Waals surface area contributed by atoms with Gasteiger partial charge in [0.25, 0.3) is 0 Å². The lowest BCUT2D eigenvalue weighted by molar-refractivity contribution is 0.0925. The molecule has 3 heterocycles. The number of allylic oxidation sites excluding steroid dienone is 2. The Kier molecular flexibility index (Phi) is 12.1. The molecule has 1 atom stereocenters. The number of halogens is 2. The van der Waals surface area contributed by atoms with Gasteiger partial charge in [-0.15, -0.1) is 0 Å². The summed E-state index contributed by atoms with van der Waals surface area (Å²) < 4.78 is 38.2. The molecule has 2 aromatic heterocycles. The number of aryl methyl sites for hydroxylation is 1. The van der Waals surface area contributed by atoms with Crippen molar-refractivity contribution in [2.45, 2.75) is 32.4 Å². The molecular formula is C33H36F2N4O2. The van der Waals surface area contributed by atoms with Crippen LogP contribution in [0.1, 0.15) is 30.8 Å². The van der Waals surface area contributed by atoms with Crippen molar-refractivity contribution >= 4 is 6.21 Å². The van der Waals surface area contributed by atoms with Crippen molar-refractivity contribution in [1.29, 1.82) is 0 Å². The summed E-state index contributed by atoms with van der Waals surface area (Å²) in [5, 5.41) is 0. The van der Waals surface area contributed by atoms with E-state index in [1.807, 2.05) is 43.3 Å². The third-order valence-corrected chi connectivity index (χ3v) is 6.34. The predicted octanol–water partition coefficient (Wildman–Crippen LogP) is 7.83. The number of benzene rings is 2. The van der Waals surface area contributed by atoms with Crippen LogP contribution in [-0.4, -0.2) is 41.5 Å². The molecule has 0 bridgehead atoms. The Labute approximate surface area is 240 Å². The molecule has 0 saturated heterocycles. The van der Waals surface area contributed by atoms with Gasteiger partial charge < -0.3 is 19.0 Å². The topological polar surface area (TPSA) is 61.5 Å². The number of pyridine rings is 1. The van der Waals surface area contributed by atoms with Crippen molar-refractivity contribution in [1.82, 2.24) is 14.5 Å². The second kappa shape index (κ2) is 16.0. The van der Waals surface area contributed by atoms with Crippen LogP contribution >= 0.6 is 0 Å². The van der Waals surface area contributed by atoms with Gasteiger partial charge in [-0.05, 0) is 79.7 Å². The maximum atomic E-state index is 13.5. The first-order valence-electron chi connectivity index (χ1n) is 13.2. The molecule has 0 radical (unpaired) electrons. The first-order valence-corrected chi connectivity index (χ1v) is 13.2. The normalized spacial score (nSPS) is 13.4. The molecule has 41 heavy (non-hydrogen) atoms. The number of hydrogen-bond donors (Lipinski definition) is 0. The summed E-state index contributed by atoms with van der Waals surface area (Å²) in [5.41, 5.74) is 4.95. The van der Waals surface area contributed by atoms with Crippen LogP contribution in [0.2, 0.25) is 0 Å². The number of rotatable bonds is 8. The highest BCUT2D eigenvalue weighted by Crippen LogP contribution is 2.39. The van der Waals surface area contributed by atoms with Gasteiger partial charge in [0, 0.05) is 37.0 Å². The standard InChI is InChI=1S/C26H24FN3O2.C4H5F.C3H7N/c1-31-23-9-2-18(3-10-23)16-32-17-22-8-11-24-29-25(19-4-6-21(27)7-5-19)26(30(22)24)20-12-14-28-15-13-20;1-3-4(2)5;1-3-4-2/h2-7,9-10,12-15,22H,8,11,16-17H2,1H3;3H,1-2H2;3H,1-2H3/t22-;;/m0../s1. The smallest absolute Gasteiger partial charge is 0.123 e. The number of nitrogens with zero attached hydrogens (tertiary/aromatic N) is 4. The minimum absolute atomic E-state index is 0.188. The highest BCUT2D eigenvalue weighted by Gasteiger charge is 2.30. The fourth-order valence-corrected chi connectivity index (χ4v) is 4.26. The van der Waals surface area contributed by atoms with Crippen molar-refractivity contribution in [2.75, 3.05) is 20.8 Å². The average Bonchev–Trinajstić information content (AvgIpc) is 3.58. The highest BCUT2D eigenvalue weighted by atomic mass is 19.1. The molecule has 4 aromatic rings. The Morgan fingerprint density at radius 3 is 2.27 bits per heavy atom. The molecule has 0 unspecified atom stereocenters. The Morgan fingerprint density at radius 1 is 1.07 bits per heavy atom. The van der Waals surface area contributed by atoms with Crippen LogP contribution in [0, 0.1) is 5.82 Å². The zero-order valence-electron chi connectivity index (χ0n) is 23.8. The number of fused-ring (bicyclic) bond motifs is 1. The number of methoxy groups -OCH3 is 1. The Balaban J connectivity index is 0.000000451. The van der Waals surface area contributed by atoms with Gasteiger partial charge in [0.2, 0.25) is 0 Å². The van der Waals surface area contributed by atoms with Gasteiger partial charge in [-0.1, -0.05) is 25.3 Å². The lowest BCUT2D eigenvalue weighted by Gasteiger charge is -2.18. The van der Waals surface area contributed by atoms with E-state index in [-0.39, 0.29) is 11.9 Å². The SMILES string of the molecule is C=CC(=C)F.CC=NC.COc1ccc(COC[C@@H]2CCc3nc(-c4ccc(F)cc4)c(-c4ccncc4)n32)cc1. The zero-order chi connectivity index (χ0) is 29.6. The first-order chi connectivity index (χ1) is 19.9. The third-order valence-electron chi connectivity index (χ3n) is 6.34. The largest absolute Gasteiger partial charge is 0.497 e. The van der Waals surface area contributed by atoms with Gasteiger partial charge in [-0.25, -0.2) is 13.8 Å². The summed E-state index contributed by atoms with van der Waals surface area (Å²) in [4.78, 5) is 12.7. The highest BCUT2D eigenvalue weighted by molar-refractivity contribution is 5.79. The third kappa shape index (κ3) is 8.78. The Bertz CT molecular complexity index is 1410. The summed E-state index contributed by atoms with van der Waals surface area (Å²) >= 11 is 0. The Morgan fingerprint density at radius 2 is 1.71 bits per heavy atom. The van der Waals surface area contributed by atoms with Crippen LogP contribution in [0.25, 0.3) is 22.5 Å². The van der Waals surface area contributed by atoms with E-state index in [1.54, 1.807) is 44.9 Å². The van der Waals surface area contributed by atoms with E-state index in [4.69, 9.17) is 14.5 Å². The second-order valence-electron chi connectivity index (χ2n) is 9.06. The number of aliphatic imine (C=N–C) groups is 1. The molecule has 5 rings (SSSR count). The average molecular weight is 559 g/mol. The van der Waals surface area contributed by atoms with Gasteiger partial charge in [0.15, 0.2) is 0 Å². The summed E-state index contributed by atoms with van der Waals surface area (Å²) in [5.74, 6) is 1.14. The van der Waals surface area contributed by atoms with Crippen LogP contribution < -0.4 is 4.74 Å². The molecule has 0 aliphatic carbocycles. The molecule has 1 aliphatic heterocycles. The van der Waals surface area contributed by atoms with E-state index >= 15 is 0 Å². The van der Waals surface area contributed by atoms with Crippen molar-refractivity contribution in [2.24, 2.45) is 4.99 Å². The van der Waals surface area contributed by atoms with Crippen LogP contribution in [0.15, 0.2) is 103 Å². The minimum atomic E-state index is -0.481. The number of aromatic nitrogens is 3. The summed E-state index contributed by atoms with van der Waals surface area (Å²) in [6, 6.07) is 18.6. The summed E-state index contributed by atoms with van der Waals surface area (Å²) in [6.45, 7) is 9.00. The van der Waals surface area contributed by atoms with E-state index in [0.717, 1.165) is 58.6 Å². The number of imidazole rings is 1. The molecule has 8 heteroatoms. The molecule has 214 valence electrons. The van der Waals surface area contributed by atoms with Crippen LogP contribution in [0.5, 0.6) is 5.75 Å². The summed E-state index contributed by atoms with van der Waals surface area (Å²) in [7, 11) is 3.41. The van der Waals surface area contributed by atoms with Crippen molar-refractivity contribution in [3.05, 3.63) is 115 Å². The molecule has 1 aliphatic rings. The maximum absolute atomic E-state index is 13.5. The van der Waals surface area contributed by atoms with Gasteiger partial charge in [-0.3, -0.25) is 4.98 Å². The molecule has 0 amide bonds. The number of hydrogen-bond acceptors (Lipinski definition) is 5. The van der Waals surface area contributed by atoms with Gasteiger partial charge in [0.05, 0.1) is 37.8 Å². The van der Waals surface area contributed by atoms with Crippen LogP contribution in [0.4, 0.5) is 8.78 Å². The van der Waals surface area contributed by atoms with E-state index < -0.39 is 5.83 Å². The minimum Gasteiger partial charge on any atom is -0.497 e. The monoisotopic (exact) mass is 558 g/mol. The van der Waals surface area contributed by atoms with Gasteiger partial charge >= 0.3 is 0 Å². The van der Waals surface area contributed by atoms with Gasteiger partial charge in [0.1, 0.15) is 23.2 Å². The molecule has 0 N–H and O–H groups in total. The Hall–Kier alpha value is -4.43. The van der Waals surface area contributed by atoms with E-state index in [9.17, 15) is 8.78 Å². The first kappa shape index (κ1) is 31.1. The molecule has 6 nitrogen and oxygen atoms in total. The van der Waals surface area contributed by atoms with Crippen molar-refractivity contribution in [3.8, 4) is 28.3 Å². The lowest BCUT2D eigenvalue weighted by Crippen LogP contribution is -2.13. The predicted molar refractivity (Wildman–Crippen MR) is 161 cm³/mol. The molecule has 0 fully saturated rings. The van der Waals surface area contributed by atoms with E-state index in [0.29, 0.717) is 13.2 Å². The summed E-state index contributed by atoms with van der Waals surface area (Å²) in [6.07, 6.45) is 8.24. The fourth-order valence-electron chi connectivity index (χ4n) is 4.26. The maximum Gasteiger partial charge on any atom is 0.123 e. The zero-order valence-corrected chi connectivity index (χ0v) is 23.8. The fraction of sp³-hybridized carbons (Fsp3) is 0.242. The molecule has 0 spiro atoms. The molecule has 0 saturated carbocycles. The van der Waals surface area contributed by atoms with Crippen molar-refractivity contribution in [3.63, 3.8) is 0 Å². The molecular weight excluding hydrogens is 522 g/mol.